The maximum Gasteiger partial charge on any atom is 0.337 e. The van der Waals surface area contributed by atoms with Gasteiger partial charge in [0.05, 0.1) is 17.2 Å². The van der Waals surface area contributed by atoms with Crippen molar-refractivity contribution in [3.63, 3.8) is 0 Å². The fraction of sp³-hybridized carbons (Fsp3) is 0.444. The molecule has 1 fully saturated rings. The zero-order valence-electron chi connectivity index (χ0n) is 15.6. The van der Waals surface area contributed by atoms with Crippen LogP contribution in [0.1, 0.15) is 29.6 Å². The monoisotopic (exact) mass is 406 g/mol. The van der Waals surface area contributed by atoms with Crippen molar-refractivity contribution >= 4 is 41.1 Å². The molecule has 0 bridgehead atoms. The van der Waals surface area contributed by atoms with Gasteiger partial charge in [0.1, 0.15) is 0 Å². The van der Waals surface area contributed by atoms with Crippen LogP contribution in [-0.4, -0.2) is 59.4 Å². The summed E-state index contributed by atoms with van der Waals surface area (Å²) in [5.74, 6) is 0.251. The highest BCUT2D eigenvalue weighted by Gasteiger charge is 2.17. The van der Waals surface area contributed by atoms with E-state index in [0.717, 1.165) is 25.9 Å². The van der Waals surface area contributed by atoms with E-state index in [9.17, 15) is 9.90 Å². The summed E-state index contributed by atoms with van der Waals surface area (Å²) in [5.41, 5.74) is 0.538. The van der Waals surface area contributed by atoms with Crippen molar-refractivity contribution in [1.82, 2.24) is 15.0 Å². The summed E-state index contributed by atoms with van der Waals surface area (Å²) in [6, 6.07) is 4.65. The van der Waals surface area contributed by atoms with E-state index in [1.165, 1.54) is 18.6 Å². The summed E-state index contributed by atoms with van der Waals surface area (Å²) in [5, 5.41) is 15.6. The first-order chi connectivity index (χ1) is 13.6. The molecule has 1 aliphatic rings. The third-order valence-electron chi connectivity index (χ3n) is 4.30. The Bertz CT molecular complexity index is 829. The first kappa shape index (κ1) is 20.1. The maximum atomic E-state index is 11.3. The number of nitrogens with one attached hydrogen (secondary N) is 2. The van der Waals surface area contributed by atoms with E-state index >= 15 is 0 Å². The fourth-order valence-corrected chi connectivity index (χ4v) is 3.09. The van der Waals surface area contributed by atoms with Crippen LogP contribution < -0.4 is 15.5 Å². The molecule has 3 N–H and O–H groups in total. The smallest absolute Gasteiger partial charge is 0.337 e. The van der Waals surface area contributed by atoms with Gasteiger partial charge in [-0.3, -0.25) is 0 Å². The van der Waals surface area contributed by atoms with Crippen molar-refractivity contribution in [2.75, 3.05) is 48.9 Å². The molecule has 3 rings (SSSR count). The summed E-state index contributed by atoms with van der Waals surface area (Å²) in [6.07, 6.45) is 3.40. The predicted octanol–water partition coefficient (Wildman–Crippen LogP) is 3.02. The highest BCUT2D eigenvalue weighted by atomic mass is 35.5. The molecule has 0 spiro atoms. The van der Waals surface area contributed by atoms with E-state index in [1.54, 1.807) is 13.2 Å². The van der Waals surface area contributed by atoms with Crippen LogP contribution in [0.5, 0.6) is 0 Å². The van der Waals surface area contributed by atoms with Crippen molar-refractivity contribution in [2.45, 2.75) is 19.3 Å². The number of carboxylic acids is 1. The number of anilines is 4. The zero-order chi connectivity index (χ0) is 19.9. The van der Waals surface area contributed by atoms with E-state index < -0.39 is 5.97 Å². The van der Waals surface area contributed by atoms with Crippen molar-refractivity contribution in [1.29, 1.82) is 0 Å². The van der Waals surface area contributed by atoms with Crippen LogP contribution in [0.25, 0.3) is 0 Å². The van der Waals surface area contributed by atoms with Crippen LogP contribution in [0.15, 0.2) is 18.2 Å². The second-order valence-corrected chi connectivity index (χ2v) is 6.78. The van der Waals surface area contributed by atoms with E-state index in [4.69, 9.17) is 16.3 Å². The lowest BCUT2D eigenvalue weighted by Crippen LogP contribution is -2.31. The SMILES string of the molecule is COCCNc1nc(Nc2ccc(Cl)c(C(=O)O)c2)nc(N2CCCCC2)n1. The lowest BCUT2D eigenvalue weighted by molar-refractivity contribution is 0.0697. The number of methoxy groups -OCH3 is 1. The third kappa shape index (κ3) is 5.20. The number of aromatic nitrogens is 3. The van der Waals surface area contributed by atoms with Crippen LogP contribution >= 0.6 is 11.6 Å². The lowest BCUT2D eigenvalue weighted by Gasteiger charge is -2.27. The minimum Gasteiger partial charge on any atom is -0.478 e. The van der Waals surface area contributed by atoms with Crippen LogP contribution in [0.2, 0.25) is 5.02 Å². The minimum absolute atomic E-state index is 0.00965. The van der Waals surface area contributed by atoms with Crippen LogP contribution in [0, 0.1) is 0 Å². The van der Waals surface area contributed by atoms with Crippen molar-refractivity contribution in [2.24, 2.45) is 0 Å². The Morgan fingerprint density at radius 2 is 1.96 bits per heavy atom. The number of hydrogen-bond acceptors (Lipinski definition) is 8. The topological polar surface area (TPSA) is 112 Å². The number of aromatic carboxylic acids is 1. The number of carbonyl (C=O) groups is 1. The molecule has 0 radical (unpaired) electrons. The normalized spacial score (nSPS) is 14.0. The summed E-state index contributed by atoms with van der Waals surface area (Å²) in [7, 11) is 1.63. The van der Waals surface area contributed by atoms with E-state index in [-0.39, 0.29) is 10.6 Å². The average Bonchev–Trinajstić information content (AvgIpc) is 2.70. The first-order valence-corrected chi connectivity index (χ1v) is 9.48. The van der Waals surface area contributed by atoms with Gasteiger partial charge in [-0.2, -0.15) is 15.0 Å². The first-order valence-electron chi connectivity index (χ1n) is 9.10. The number of ether oxygens (including phenoxy) is 1. The van der Waals surface area contributed by atoms with Crippen molar-refractivity contribution in [3.8, 4) is 0 Å². The number of piperidine rings is 1. The van der Waals surface area contributed by atoms with Gasteiger partial charge < -0.3 is 25.4 Å². The number of rotatable bonds is 8. The Hall–Kier alpha value is -2.65. The molecule has 2 heterocycles. The quantitative estimate of drug-likeness (QED) is 0.569. The molecule has 1 aliphatic heterocycles. The molecule has 0 atom stereocenters. The standard InChI is InChI=1S/C18H23ClN6O3/c1-28-10-7-20-16-22-17(24-18(23-16)25-8-3-2-4-9-25)21-12-5-6-14(19)13(11-12)15(26)27/h5-6,11H,2-4,7-10H2,1H3,(H,26,27)(H2,20,21,22,23,24). The highest BCUT2D eigenvalue weighted by Crippen LogP contribution is 2.24. The molecular weight excluding hydrogens is 384 g/mol. The Kier molecular flexibility index (Phi) is 6.83. The molecule has 10 heteroatoms. The highest BCUT2D eigenvalue weighted by molar-refractivity contribution is 6.33. The summed E-state index contributed by atoms with van der Waals surface area (Å²) in [6.45, 7) is 2.87. The Morgan fingerprint density at radius 1 is 1.21 bits per heavy atom. The minimum atomic E-state index is -1.10. The average molecular weight is 407 g/mol. The van der Waals surface area contributed by atoms with E-state index in [2.05, 4.69) is 30.5 Å². The molecule has 1 aromatic heterocycles. The Morgan fingerprint density at radius 3 is 2.68 bits per heavy atom. The van der Waals surface area contributed by atoms with Gasteiger partial charge >= 0.3 is 5.97 Å². The molecular formula is C18H23ClN6O3. The van der Waals surface area contributed by atoms with Gasteiger partial charge in [0, 0.05) is 32.4 Å². The molecule has 2 aromatic rings. The molecule has 28 heavy (non-hydrogen) atoms. The summed E-state index contributed by atoms with van der Waals surface area (Å²) < 4.78 is 5.05. The molecule has 1 saturated heterocycles. The molecule has 9 nitrogen and oxygen atoms in total. The van der Waals surface area contributed by atoms with Gasteiger partial charge in [-0.15, -0.1) is 0 Å². The predicted molar refractivity (Wildman–Crippen MR) is 108 cm³/mol. The molecule has 1 aromatic carbocycles. The van der Waals surface area contributed by atoms with Gasteiger partial charge in [0.2, 0.25) is 17.8 Å². The molecule has 0 aliphatic carbocycles. The van der Waals surface area contributed by atoms with Crippen molar-refractivity contribution < 1.29 is 14.6 Å². The summed E-state index contributed by atoms with van der Waals surface area (Å²) in [4.78, 5) is 26.8. The zero-order valence-corrected chi connectivity index (χ0v) is 16.4. The van der Waals surface area contributed by atoms with Gasteiger partial charge in [-0.1, -0.05) is 11.6 Å². The maximum absolute atomic E-state index is 11.3. The van der Waals surface area contributed by atoms with E-state index in [1.807, 2.05) is 0 Å². The third-order valence-corrected chi connectivity index (χ3v) is 4.63. The summed E-state index contributed by atoms with van der Waals surface area (Å²) >= 11 is 5.94. The number of halogens is 1. The fourth-order valence-electron chi connectivity index (χ4n) is 2.90. The van der Waals surface area contributed by atoms with Gasteiger partial charge in [0.15, 0.2) is 0 Å². The van der Waals surface area contributed by atoms with Crippen LogP contribution in [0.3, 0.4) is 0 Å². The van der Waals surface area contributed by atoms with Crippen molar-refractivity contribution in [3.05, 3.63) is 28.8 Å². The van der Waals surface area contributed by atoms with Crippen LogP contribution in [-0.2, 0) is 4.74 Å². The number of hydrogen-bond donors (Lipinski definition) is 3. The van der Waals surface area contributed by atoms with Gasteiger partial charge in [0.25, 0.3) is 0 Å². The molecule has 150 valence electrons. The number of nitrogens with zero attached hydrogens (tertiary/aromatic N) is 4. The van der Waals surface area contributed by atoms with Gasteiger partial charge in [-0.05, 0) is 37.5 Å². The largest absolute Gasteiger partial charge is 0.478 e. The van der Waals surface area contributed by atoms with Crippen LogP contribution in [0.4, 0.5) is 23.5 Å². The Labute approximate surface area is 168 Å². The molecule has 0 saturated carbocycles. The second kappa shape index (κ2) is 9.52. The molecule has 0 amide bonds. The number of benzene rings is 1. The second-order valence-electron chi connectivity index (χ2n) is 6.37. The van der Waals surface area contributed by atoms with Gasteiger partial charge in [-0.25, -0.2) is 4.79 Å². The molecule has 0 unspecified atom stereocenters. The van der Waals surface area contributed by atoms with E-state index in [0.29, 0.717) is 36.7 Å². The Balaban J connectivity index is 1.86. The number of carboxylic acid groups (broad SMARTS) is 1. The lowest BCUT2D eigenvalue weighted by atomic mass is 10.1.